The van der Waals surface area contributed by atoms with Crippen molar-refractivity contribution in [3.63, 3.8) is 0 Å². The van der Waals surface area contributed by atoms with Crippen molar-refractivity contribution in [2.45, 2.75) is 19.9 Å². The summed E-state index contributed by atoms with van der Waals surface area (Å²) in [6.45, 7) is 2.37. The Hall–Kier alpha value is -1.96. The second kappa shape index (κ2) is 7.29. The number of aromatic nitrogens is 3. The molecule has 124 valence electrons. The van der Waals surface area contributed by atoms with Gasteiger partial charge in [0.1, 0.15) is 0 Å². The Morgan fingerprint density at radius 2 is 2.29 bits per heavy atom. The fourth-order valence-electron chi connectivity index (χ4n) is 2.23. The van der Waals surface area contributed by atoms with E-state index >= 15 is 0 Å². The number of H-pyrrole nitrogens is 1. The molecule has 3 rings (SSSR count). The lowest BCUT2D eigenvalue weighted by molar-refractivity contribution is -0.116. The summed E-state index contributed by atoms with van der Waals surface area (Å²) in [5, 5.41) is 12.5. The fraction of sp³-hybridized carbons (Fsp3) is 0.188. The quantitative estimate of drug-likeness (QED) is 0.634. The number of aromatic amines is 1. The highest BCUT2D eigenvalue weighted by Gasteiger charge is 2.11. The minimum Gasteiger partial charge on any atom is -0.326 e. The van der Waals surface area contributed by atoms with Gasteiger partial charge in [0.25, 0.3) is 0 Å². The predicted molar refractivity (Wildman–Crippen MR) is 100 cm³/mol. The van der Waals surface area contributed by atoms with Gasteiger partial charge < -0.3 is 5.32 Å². The maximum absolute atomic E-state index is 12.2. The molecule has 2 heterocycles. The molecule has 5 nitrogen and oxygen atoms in total. The molecule has 1 aromatic carbocycles. The summed E-state index contributed by atoms with van der Waals surface area (Å²) in [5.41, 5.74) is 1.66. The van der Waals surface area contributed by atoms with Crippen LogP contribution < -0.4 is 5.32 Å². The number of benzene rings is 1. The van der Waals surface area contributed by atoms with Crippen LogP contribution in [0.1, 0.15) is 12.0 Å². The van der Waals surface area contributed by atoms with E-state index in [1.807, 2.05) is 41.1 Å². The third-order valence-corrected chi connectivity index (χ3v) is 5.10. The van der Waals surface area contributed by atoms with Crippen molar-refractivity contribution >= 4 is 46.8 Å². The maximum Gasteiger partial charge on any atom is 0.226 e. The van der Waals surface area contributed by atoms with E-state index in [4.69, 9.17) is 23.8 Å². The van der Waals surface area contributed by atoms with E-state index in [9.17, 15) is 4.79 Å². The van der Waals surface area contributed by atoms with Gasteiger partial charge in [0.05, 0.1) is 4.88 Å². The molecular weight excluding hydrogens is 364 g/mol. The molecule has 0 aliphatic carbocycles. The molecular formula is C16H15ClN4OS2. The predicted octanol–water partition coefficient (Wildman–Crippen LogP) is 4.66. The molecule has 0 saturated carbocycles. The number of halogens is 1. The number of anilines is 1. The zero-order valence-corrected chi connectivity index (χ0v) is 15.3. The van der Waals surface area contributed by atoms with Gasteiger partial charge in [-0.15, -0.1) is 11.3 Å². The van der Waals surface area contributed by atoms with Crippen LogP contribution in [0.4, 0.5) is 5.69 Å². The summed E-state index contributed by atoms with van der Waals surface area (Å²) in [4.78, 5) is 13.2. The van der Waals surface area contributed by atoms with Gasteiger partial charge in [0, 0.05) is 23.7 Å². The van der Waals surface area contributed by atoms with Crippen molar-refractivity contribution in [3.05, 3.63) is 51.1 Å². The Bertz CT molecular complexity index is 915. The van der Waals surface area contributed by atoms with Gasteiger partial charge in [0.2, 0.25) is 5.91 Å². The second-order valence-electron chi connectivity index (χ2n) is 5.24. The van der Waals surface area contributed by atoms with Crippen LogP contribution in [0, 0.1) is 11.7 Å². The highest BCUT2D eigenvalue weighted by molar-refractivity contribution is 7.71. The van der Waals surface area contributed by atoms with Gasteiger partial charge in [-0.3, -0.25) is 14.5 Å². The van der Waals surface area contributed by atoms with E-state index < -0.39 is 0 Å². The molecule has 0 fully saturated rings. The summed E-state index contributed by atoms with van der Waals surface area (Å²) in [6, 6.07) is 9.38. The first kappa shape index (κ1) is 16.9. The number of amides is 1. The van der Waals surface area contributed by atoms with Crippen LogP contribution in [0.2, 0.25) is 5.02 Å². The van der Waals surface area contributed by atoms with E-state index in [0.717, 1.165) is 16.3 Å². The summed E-state index contributed by atoms with van der Waals surface area (Å²) < 4.78 is 2.34. The number of rotatable bonds is 5. The number of hydrogen-bond acceptors (Lipinski definition) is 4. The maximum atomic E-state index is 12.2. The number of carbonyl (C=O) groups excluding carboxylic acids is 1. The molecule has 24 heavy (non-hydrogen) atoms. The van der Waals surface area contributed by atoms with Crippen molar-refractivity contribution in [3.8, 4) is 10.7 Å². The smallest absolute Gasteiger partial charge is 0.226 e. The number of hydrogen-bond donors (Lipinski definition) is 2. The second-order valence-corrected chi connectivity index (χ2v) is 6.99. The molecule has 0 bridgehead atoms. The largest absolute Gasteiger partial charge is 0.326 e. The Kier molecular flexibility index (Phi) is 5.13. The molecule has 3 aromatic rings. The van der Waals surface area contributed by atoms with E-state index in [1.54, 1.807) is 17.4 Å². The van der Waals surface area contributed by atoms with Crippen molar-refractivity contribution in [1.82, 2.24) is 14.8 Å². The minimum atomic E-state index is -0.102. The number of aryl methyl sites for hydroxylation is 1. The fourth-order valence-corrected chi connectivity index (χ4v) is 3.35. The summed E-state index contributed by atoms with van der Waals surface area (Å²) in [5.74, 6) is 0.649. The molecule has 0 spiro atoms. The molecule has 0 aliphatic rings. The Labute approximate surface area is 153 Å². The average Bonchev–Trinajstić information content (AvgIpc) is 3.18. The normalized spacial score (nSPS) is 10.8. The monoisotopic (exact) mass is 378 g/mol. The van der Waals surface area contributed by atoms with Crippen molar-refractivity contribution in [2.24, 2.45) is 0 Å². The average molecular weight is 379 g/mol. The molecule has 0 aliphatic heterocycles. The van der Waals surface area contributed by atoms with Crippen LogP contribution in [0.25, 0.3) is 10.7 Å². The number of nitrogens with one attached hydrogen (secondary N) is 2. The summed E-state index contributed by atoms with van der Waals surface area (Å²) in [7, 11) is 0. The zero-order chi connectivity index (χ0) is 17.1. The topological polar surface area (TPSA) is 62.7 Å². The van der Waals surface area contributed by atoms with Crippen LogP contribution in [0.3, 0.4) is 0 Å². The van der Waals surface area contributed by atoms with E-state index in [2.05, 4.69) is 15.5 Å². The minimum absolute atomic E-state index is 0.102. The molecule has 0 atom stereocenters. The first-order valence-corrected chi connectivity index (χ1v) is 8.96. The molecule has 2 N–H and O–H groups in total. The highest BCUT2D eigenvalue weighted by Crippen LogP contribution is 2.23. The van der Waals surface area contributed by atoms with Crippen molar-refractivity contribution in [1.29, 1.82) is 0 Å². The number of nitrogens with zero attached hydrogens (tertiary/aromatic N) is 2. The number of carbonyl (C=O) groups is 1. The van der Waals surface area contributed by atoms with Crippen LogP contribution in [0.5, 0.6) is 0 Å². The van der Waals surface area contributed by atoms with Gasteiger partial charge in [-0.25, -0.2) is 0 Å². The molecule has 8 heteroatoms. The first-order valence-electron chi connectivity index (χ1n) is 7.29. The van der Waals surface area contributed by atoms with Crippen molar-refractivity contribution in [2.75, 3.05) is 5.32 Å². The van der Waals surface area contributed by atoms with E-state index in [1.165, 1.54) is 0 Å². The summed E-state index contributed by atoms with van der Waals surface area (Å²) in [6.07, 6.45) is 0.289. The highest BCUT2D eigenvalue weighted by atomic mass is 35.5. The van der Waals surface area contributed by atoms with Crippen LogP contribution in [-0.2, 0) is 11.3 Å². The third kappa shape index (κ3) is 3.75. The van der Waals surface area contributed by atoms with E-state index in [0.29, 0.717) is 22.0 Å². The van der Waals surface area contributed by atoms with Crippen LogP contribution >= 0.6 is 35.2 Å². The van der Waals surface area contributed by atoms with Crippen LogP contribution in [-0.4, -0.2) is 20.7 Å². The van der Waals surface area contributed by atoms with Gasteiger partial charge in [-0.1, -0.05) is 23.7 Å². The van der Waals surface area contributed by atoms with Gasteiger partial charge >= 0.3 is 0 Å². The van der Waals surface area contributed by atoms with Gasteiger partial charge in [-0.05, 0) is 48.3 Å². The molecule has 2 aromatic heterocycles. The lowest BCUT2D eigenvalue weighted by atomic mass is 10.2. The molecule has 0 unspecified atom stereocenters. The standard InChI is InChI=1S/C16H15ClN4OS2/c1-10-4-5-11(9-12(10)17)18-14(22)6-7-21-15(19-20-16(21)23)13-3-2-8-24-13/h2-5,8-9H,6-7H2,1H3,(H,18,22)(H,20,23). The third-order valence-electron chi connectivity index (χ3n) is 3.52. The van der Waals surface area contributed by atoms with Gasteiger partial charge in [0.15, 0.2) is 10.6 Å². The zero-order valence-electron chi connectivity index (χ0n) is 12.9. The lowest BCUT2D eigenvalue weighted by Gasteiger charge is -2.08. The molecule has 1 amide bonds. The summed E-state index contributed by atoms with van der Waals surface area (Å²) >= 11 is 12.9. The van der Waals surface area contributed by atoms with Crippen LogP contribution in [0.15, 0.2) is 35.7 Å². The first-order chi connectivity index (χ1) is 11.5. The SMILES string of the molecule is Cc1ccc(NC(=O)CCn2c(-c3cccs3)n[nH]c2=S)cc1Cl. The van der Waals surface area contributed by atoms with Crippen molar-refractivity contribution < 1.29 is 4.79 Å². The Balaban J connectivity index is 1.68. The Morgan fingerprint density at radius 3 is 3.00 bits per heavy atom. The van der Waals surface area contributed by atoms with E-state index in [-0.39, 0.29) is 12.3 Å². The van der Waals surface area contributed by atoms with Gasteiger partial charge in [-0.2, -0.15) is 5.10 Å². The lowest BCUT2D eigenvalue weighted by Crippen LogP contribution is -2.15. The Morgan fingerprint density at radius 1 is 1.46 bits per heavy atom. The molecule has 0 radical (unpaired) electrons. The number of thiophene rings is 1. The molecule has 0 saturated heterocycles.